The minimum absolute atomic E-state index is 0.442. The Kier molecular flexibility index (Phi) is 3.53. The molecule has 0 saturated carbocycles. The van der Waals surface area contributed by atoms with E-state index in [1.807, 2.05) is 0 Å². The van der Waals surface area contributed by atoms with Crippen LogP contribution in [0.25, 0.3) is 11.1 Å². The molecule has 0 spiro atoms. The van der Waals surface area contributed by atoms with E-state index < -0.39 is 0 Å². The summed E-state index contributed by atoms with van der Waals surface area (Å²) in [4.78, 5) is 2.44. The number of anilines is 2. The van der Waals surface area contributed by atoms with Gasteiger partial charge in [0.1, 0.15) is 0 Å². The quantitative estimate of drug-likeness (QED) is 0.496. The summed E-state index contributed by atoms with van der Waals surface area (Å²) in [6.45, 7) is 2.20. The number of para-hydroxylation sites is 1. The maximum absolute atomic E-state index is 2.44. The van der Waals surface area contributed by atoms with Gasteiger partial charge in [-0.15, -0.1) is 0 Å². The number of rotatable bonds is 2. The number of nitrogens with zero attached hydrogens (tertiary/aromatic N) is 1. The van der Waals surface area contributed by atoms with E-state index in [0.29, 0.717) is 5.92 Å². The lowest BCUT2D eigenvalue weighted by Crippen LogP contribution is -2.15. The highest BCUT2D eigenvalue weighted by atomic mass is 15.2. The maximum Gasteiger partial charge on any atom is 0.0497 e. The summed E-state index contributed by atoms with van der Waals surface area (Å²) in [5.74, 6) is 0.442. The van der Waals surface area contributed by atoms with Crippen molar-refractivity contribution in [2.24, 2.45) is 0 Å². The van der Waals surface area contributed by atoms with E-state index in [0.717, 1.165) is 6.42 Å². The fourth-order valence-electron chi connectivity index (χ4n) is 4.18. The number of allylic oxidation sites excluding steroid dienone is 4. The monoisotopic (exact) mass is 335 g/mol. The first kappa shape index (κ1) is 15.2. The zero-order valence-electron chi connectivity index (χ0n) is 14.9. The van der Waals surface area contributed by atoms with Crippen LogP contribution in [0.5, 0.6) is 0 Å². The molecule has 1 atom stereocenters. The van der Waals surface area contributed by atoms with Crippen LogP contribution < -0.4 is 4.90 Å². The van der Waals surface area contributed by atoms with Crippen molar-refractivity contribution >= 4 is 11.4 Å². The van der Waals surface area contributed by atoms with Crippen LogP contribution in [0.2, 0.25) is 0 Å². The van der Waals surface area contributed by atoms with E-state index in [-0.39, 0.29) is 0 Å². The van der Waals surface area contributed by atoms with Gasteiger partial charge in [0, 0.05) is 23.0 Å². The summed E-state index contributed by atoms with van der Waals surface area (Å²) in [6, 6.07) is 28.3. The van der Waals surface area contributed by atoms with Gasteiger partial charge in [0.05, 0.1) is 0 Å². The van der Waals surface area contributed by atoms with Gasteiger partial charge >= 0.3 is 0 Å². The molecule has 1 unspecified atom stereocenters. The highest BCUT2D eigenvalue weighted by Gasteiger charge is 2.35. The SMILES string of the molecule is CC1=CCC2C(=C1)N(c1ccccc1)c1ccc(-c3ccccc3)cc12. The largest absolute Gasteiger partial charge is 0.313 e. The third-order valence-electron chi connectivity index (χ3n) is 5.43. The molecular weight excluding hydrogens is 314 g/mol. The second-order valence-electron chi connectivity index (χ2n) is 7.12. The van der Waals surface area contributed by atoms with Gasteiger partial charge < -0.3 is 4.90 Å². The molecule has 3 aromatic carbocycles. The molecule has 0 radical (unpaired) electrons. The van der Waals surface area contributed by atoms with E-state index in [1.54, 1.807) is 0 Å². The van der Waals surface area contributed by atoms with E-state index in [1.165, 1.54) is 39.3 Å². The molecule has 1 nitrogen and oxygen atoms in total. The second-order valence-corrected chi connectivity index (χ2v) is 7.12. The third kappa shape index (κ3) is 2.40. The van der Waals surface area contributed by atoms with Gasteiger partial charge in [0.2, 0.25) is 0 Å². The van der Waals surface area contributed by atoms with Crippen molar-refractivity contribution in [1.29, 1.82) is 0 Å². The van der Waals surface area contributed by atoms with Crippen LogP contribution >= 0.6 is 0 Å². The molecule has 126 valence electrons. The Morgan fingerprint density at radius 3 is 2.31 bits per heavy atom. The molecule has 5 rings (SSSR count). The Balaban J connectivity index is 1.68. The molecule has 0 fully saturated rings. The van der Waals surface area contributed by atoms with Crippen molar-refractivity contribution in [2.75, 3.05) is 4.90 Å². The molecule has 1 heterocycles. The van der Waals surface area contributed by atoms with Crippen molar-refractivity contribution in [2.45, 2.75) is 19.3 Å². The fraction of sp³-hybridized carbons (Fsp3) is 0.120. The summed E-state index contributed by atoms with van der Waals surface area (Å²) in [7, 11) is 0. The first-order valence-electron chi connectivity index (χ1n) is 9.24. The predicted molar refractivity (Wildman–Crippen MR) is 110 cm³/mol. The van der Waals surface area contributed by atoms with Gasteiger partial charge in [-0.2, -0.15) is 0 Å². The van der Waals surface area contributed by atoms with E-state index in [9.17, 15) is 0 Å². The molecule has 0 N–H and O–H groups in total. The zero-order chi connectivity index (χ0) is 17.5. The lowest BCUT2D eigenvalue weighted by molar-refractivity contribution is 0.811. The average Bonchev–Trinajstić information content (AvgIpc) is 3.02. The summed E-state index contributed by atoms with van der Waals surface area (Å²) < 4.78 is 0. The zero-order valence-corrected chi connectivity index (χ0v) is 14.9. The summed E-state index contributed by atoms with van der Waals surface area (Å²) in [5.41, 5.74) is 9.32. The topological polar surface area (TPSA) is 3.24 Å². The first-order chi connectivity index (χ1) is 12.8. The van der Waals surface area contributed by atoms with Gasteiger partial charge in [-0.05, 0) is 60.4 Å². The third-order valence-corrected chi connectivity index (χ3v) is 5.43. The molecular formula is C25H21N. The highest BCUT2D eigenvalue weighted by Crippen LogP contribution is 2.51. The Morgan fingerprint density at radius 2 is 1.54 bits per heavy atom. The first-order valence-corrected chi connectivity index (χ1v) is 9.24. The van der Waals surface area contributed by atoms with Crippen molar-refractivity contribution in [3.05, 3.63) is 108 Å². The molecule has 1 aliphatic heterocycles. The van der Waals surface area contributed by atoms with Crippen molar-refractivity contribution in [3.63, 3.8) is 0 Å². The predicted octanol–water partition coefficient (Wildman–Crippen LogP) is 6.82. The summed E-state index contributed by atoms with van der Waals surface area (Å²) >= 11 is 0. The van der Waals surface area contributed by atoms with Crippen LogP contribution in [0, 0.1) is 0 Å². The Labute approximate surface area is 154 Å². The van der Waals surface area contributed by atoms with Crippen LogP contribution in [-0.4, -0.2) is 0 Å². The smallest absolute Gasteiger partial charge is 0.0497 e. The Bertz CT molecular complexity index is 1010. The minimum atomic E-state index is 0.442. The lowest BCUT2D eigenvalue weighted by atomic mass is 9.88. The molecule has 26 heavy (non-hydrogen) atoms. The molecule has 1 heteroatoms. The van der Waals surface area contributed by atoms with Gasteiger partial charge in [0.15, 0.2) is 0 Å². The van der Waals surface area contributed by atoms with Crippen molar-refractivity contribution < 1.29 is 0 Å². The molecule has 0 saturated heterocycles. The molecule has 2 aliphatic rings. The maximum atomic E-state index is 2.44. The van der Waals surface area contributed by atoms with Gasteiger partial charge in [-0.3, -0.25) is 0 Å². The normalized spacial score (nSPS) is 18.0. The van der Waals surface area contributed by atoms with E-state index in [2.05, 4.69) is 103 Å². The van der Waals surface area contributed by atoms with Gasteiger partial charge in [0.25, 0.3) is 0 Å². The Morgan fingerprint density at radius 1 is 0.808 bits per heavy atom. The standard InChI is InChI=1S/C25H21N/c1-18-12-14-22-23-17-20(19-8-4-2-5-9-19)13-15-24(23)26(25(22)16-18)21-10-6-3-7-11-21/h2-13,15-17,22H,14H2,1H3. The highest BCUT2D eigenvalue weighted by molar-refractivity contribution is 5.82. The second kappa shape index (κ2) is 6.03. The number of benzene rings is 3. The average molecular weight is 335 g/mol. The van der Waals surface area contributed by atoms with Crippen molar-refractivity contribution in [3.8, 4) is 11.1 Å². The Hall–Kier alpha value is -3.06. The minimum Gasteiger partial charge on any atom is -0.313 e. The molecule has 0 aromatic heterocycles. The number of hydrogen-bond acceptors (Lipinski definition) is 1. The van der Waals surface area contributed by atoms with Crippen molar-refractivity contribution in [1.82, 2.24) is 0 Å². The van der Waals surface area contributed by atoms with Crippen LogP contribution in [-0.2, 0) is 0 Å². The van der Waals surface area contributed by atoms with Gasteiger partial charge in [-0.1, -0.05) is 66.2 Å². The van der Waals surface area contributed by atoms with E-state index >= 15 is 0 Å². The van der Waals surface area contributed by atoms with Crippen LogP contribution in [0.3, 0.4) is 0 Å². The van der Waals surface area contributed by atoms with Crippen LogP contribution in [0.4, 0.5) is 11.4 Å². The number of hydrogen-bond donors (Lipinski definition) is 0. The summed E-state index contributed by atoms with van der Waals surface area (Å²) in [5, 5.41) is 0. The molecule has 0 amide bonds. The molecule has 1 aliphatic carbocycles. The lowest BCUT2D eigenvalue weighted by Gasteiger charge is -2.25. The molecule has 3 aromatic rings. The van der Waals surface area contributed by atoms with Gasteiger partial charge in [-0.25, -0.2) is 0 Å². The number of fused-ring (bicyclic) bond motifs is 3. The summed E-state index contributed by atoms with van der Waals surface area (Å²) in [6.07, 6.45) is 5.79. The fourth-order valence-corrected chi connectivity index (χ4v) is 4.18. The van der Waals surface area contributed by atoms with Crippen LogP contribution in [0.15, 0.2) is 102 Å². The molecule has 0 bridgehead atoms. The van der Waals surface area contributed by atoms with Crippen LogP contribution in [0.1, 0.15) is 24.8 Å². The van der Waals surface area contributed by atoms with E-state index in [4.69, 9.17) is 0 Å².